The SMILES string of the molecule is C#CC(=O)N(C)S. The molecule has 0 aromatic heterocycles. The average molecular weight is 115 g/mol. The summed E-state index contributed by atoms with van der Waals surface area (Å²) in [5.74, 6) is 1.45. The van der Waals surface area contributed by atoms with E-state index < -0.39 is 5.91 Å². The lowest BCUT2D eigenvalue weighted by Crippen LogP contribution is -2.12. The van der Waals surface area contributed by atoms with E-state index in [0.29, 0.717) is 0 Å². The van der Waals surface area contributed by atoms with Gasteiger partial charge in [-0.1, -0.05) is 12.8 Å². The van der Waals surface area contributed by atoms with Crippen LogP contribution in [-0.4, -0.2) is 17.3 Å². The third-order valence-electron chi connectivity index (χ3n) is 0.417. The normalized spacial score (nSPS) is 7.00. The lowest BCUT2D eigenvalue weighted by Gasteiger charge is -1.99. The molecular weight excluding hydrogens is 110 g/mol. The monoisotopic (exact) mass is 115 g/mol. The zero-order valence-corrected chi connectivity index (χ0v) is 4.77. The van der Waals surface area contributed by atoms with Crippen LogP contribution < -0.4 is 0 Å². The summed E-state index contributed by atoms with van der Waals surface area (Å²) < 4.78 is 1.04. The molecule has 38 valence electrons. The summed E-state index contributed by atoms with van der Waals surface area (Å²) in [5, 5.41) is 0. The van der Waals surface area contributed by atoms with E-state index >= 15 is 0 Å². The minimum Gasteiger partial charge on any atom is -0.281 e. The molecule has 2 nitrogen and oxygen atoms in total. The van der Waals surface area contributed by atoms with Gasteiger partial charge in [0.2, 0.25) is 0 Å². The van der Waals surface area contributed by atoms with Crippen molar-refractivity contribution in [2.45, 2.75) is 0 Å². The van der Waals surface area contributed by atoms with Gasteiger partial charge in [0.15, 0.2) is 0 Å². The first kappa shape index (κ1) is 6.38. The summed E-state index contributed by atoms with van der Waals surface area (Å²) >= 11 is 3.61. The third kappa shape index (κ3) is 2.12. The summed E-state index contributed by atoms with van der Waals surface area (Å²) in [7, 11) is 1.48. The van der Waals surface area contributed by atoms with Crippen molar-refractivity contribution in [2.75, 3.05) is 7.05 Å². The summed E-state index contributed by atoms with van der Waals surface area (Å²) in [5.41, 5.74) is 0. The van der Waals surface area contributed by atoms with E-state index in [1.165, 1.54) is 7.05 Å². The Morgan fingerprint density at radius 3 is 2.43 bits per heavy atom. The van der Waals surface area contributed by atoms with Crippen molar-refractivity contribution in [3.8, 4) is 12.3 Å². The predicted octanol–water partition coefficient (Wildman–Crippen LogP) is -0.0772. The van der Waals surface area contributed by atoms with Crippen molar-refractivity contribution in [1.29, 1.82) is 0 Å². The second-order valence-electron chi connectivity index (χ2n) is 0.973. The largest absolute Gasteiger partial charge is 0.307 e. The molecule has 0 spiro atoms. The van der Waals surface area contributed by atoms with Crippen LogP contribution in [0.4, 0.5) is 0 Å². The smallest absolute Gasteiger partial charge is 0.281 e. The summed E-state index contributed by atoms with van der Waals surface area (Å²) in [6.45, 7) is 0. The highest BCUT2D eigenvalue weighted by Gasteiger charge is 1.94. The zero-order chi connectivity index (χ0) is 5.86. The number of thiol groups is 1. The second-order valence-corrected chi connectivity index (χ2v) is 1.57. The van der Waals surface area contributed by atoms with E-state index in [1.807, 2.05) is 5.92 Å². The summed E-state index contributed by atoms with van der Waals surface area (Å²) in [4.78, 5) is 10.1. The molecule has 0 unspecified atom stereocenters. The maximum absolute atomic E-state index is 10.1. The van der Waals surface area contributed by atoms with Crippen LogP contribution in [0.2, 0.25) is 0 Å². The number of hydrogen-bond acceptors (Lipinski definition) is 2. The number of nitrogens with zero attached hydrogens (tertiary/aromatic N) is 1. The fourth-order valence-electron chi connectivity index (χ4n) is 0.0934. The highest BCUT2D eigenvalue weighted by Crippen LogP contribution is 1.83. The minimum atomic E-state index is -0.427. The molecule has 0 rings (SSSR count). The fourth-order valence-corrected chi connectivity index (χ4v) is 0.151. The molecule has 3 heteroatoms. The predicted molar refractivity (Wildman–Crippen MR) is 30.6 cm³/mol. The quantitative estimate of drug-likeness (QED) is 0.346. The van der Waals surface area contributed by atoms with Gasteiger partial charge in [-0.2, -0.15) is 0 Å². The Morgan fingerprint density at radius 2 is 2.43 bits per heavy atom. The standard InChI is InChI=1S/C4H5NOS/c1-3-4(6)5(2)7/h1,7H,2H3. The van der Waals surface area contributed by atoms with Crippen molar-refractivity contribution < 1.29 is 4.79 Å². The molecule has 0 N–H and O–H groups in total. The molecule has 0 radical (unpaired) electrons. The van der Waals surface area contributed by atoms with Crippen LogP contribution >= 0.6 is 12.8 Å². The molecule has 0 atom stereocenters. The van der Waals surface area contributed by atoms with Crippen LogP contribution in [0.1, 0.15) is 0 Å². The maximum Gasteiger partial charge on any atom is 0.307 e. The van der Waals surface area contributed by atoms with Gasteiger partial charge in [0.05, 0.1) is 0 Å². The minimum absolute atomic E-state index is 0.427. The van der Waals surface area contributed by atoms with Crippen LogP contribution in [0.5, 0.6) is 0 Å². The molecule has 1 amide bonds. The van der Waals surface area contributed by atoms with Gasteiger partial charge in [0.25, 0.3) is 0 Å². The number of terminal acetylenes is 1. The van der Waals surface area contributed by atoms with E-state index in [-0.39, 0.29) is 0 Å². The average Bonchev–Trinajstić information content (AvgIpc) is 1.65. The van der Waals surface area contributed by atoms with Gasteiger partial charge in [-0.05, 0) is 5.92 Å². The van der Waals surface area contributed by atoms with Crippen LogP contribution in [0.3, 0.4) is 0 Å². The topological polar surface area (TPSA) is 20.3 Å². The molecule has 0 saturated carbocycles. The molecule has 7 heavy (non-hydrogen) atoms. The van der Waals surface area contributed by atoms with Crippen molar-refractivity contribution in [3.05, 3.63) is 0 Å². The summed E-state index contributed by atoms with van der Waals surface area (Å²) in [6, 6.07) is 0. The maximum atomic E-state index is 10.1. The number of rotatable bonds is 0. The van der Waals surface area contributed by atoms with Crippen LogP contribution in [0.25, 0.3) is 0 Å². The van der Waals surface area contributed by atoms with Gasteiger partial charge in [0.1, 0.15) is 0 Å². The number of carbonyl (C=O) groups excluding carboxylic acids is 1. The Labute approximate surface area is 48.0 Å². The molecule has 0 fully saturated rings. The Hall–Kier alpha value is -0.620. The van der Waals surface area contributed by atoms with E-state index in [1.54, 1.807) is 0 Å². The zero-order valence-electron chi connectivity index (χ0n) is 3.88. The molecule has 0 aromatic rings. The van der Waals surface area contributed by atoms with E-state index in [9.17, 15) is 4.79 Å². The lowest BCUT2D eigenvalue weighted by atomic mass is 10.6. The Balaban J connectivity index is 3.64. The van der Waals surface area contributed by atoms with Crippen molar-refractivity contribution >= 4 is 18.7 Å². The number of carbonyl (C=O) groups is 1. The van der Waals surface area contributed by atoms with Crippen molar-refractivity contribution in [2.24, 2.45) is 0 Å². The van der Waals surface area contributed by atoms with E-state index in [0.717, 1.165) is 4.31 Å². The van der Waals surface area contributed by atoms with E-state index in [4.69, 9.17) is 0 Å². The molecule has 0 aliphatic heterocycles. The number of hydrogen-bond donors (Lipinski definition) is 1. The molecule has 0 aliphatic carbocycles. The fraction of sp³-hybridized carbons (Fsp3) is 0.250. The molecule has 0 heterocycles. The van der Waals surface area contributed by atoms with Gasteiger partial charge >= 0.3 is 5.91 Å². The third-order valence-corrected chi connectivity index (χ3v) is 0.599. The van der Waals surface area contributed by atoms with Crippen molar-refractivity contribution in [3.63, 3.8) is 0 Å². The molecule has 0 aliphatic rings. The first-order chi connectivity index (χ1) is 3.18. The second kappa shape index (κ2) is 2.54. The highest BCUT2D eigenvalue weighted by atomic mass is 32.1. The first-order valence-corrected chi connectivity index (χ1v) is 2.01. The molecule has 0 aromatic carbocycles. The van der Waals surface area contributed by atoms with Crippen LogP contribution in [0, 0.1) is 12.3 Å². The summed E-state index contributed by atoms with van der Waals surface area (Å²) in [6.07, 6.45) is 4.68. The van der Waals surface area contributed by atoms with Crippen LogP contribution in [-0.2, 0) is 4.79 Å². The van der Waals surface area contributed by atoms with Gasteiger partial charge in [-0.15, -0.1) is 6.42 Å². The first-order valence-electron chi connectivity index (χ1n) is 1.61. The Kier molecular flexibility index (Phi) is 2.31. The highest BCUT2D eigenvalue weighted by molar-refractivity contribution is 7.78. The molecule has 0 bridgehead atoms. The van der Waals surface area contributed by atoms with Gasteiger partial charge < -0.3 is 0 Å². The van der Waals surface area contributed by atoms with Gasteiger partial charge in [-0.3, -0.25) is 9.10 Å². The molecule has 0 saturated heterocycles. The van der Waals surface area contributed by atoms with Crippen LogP contribution in [0.15, 0.2) is 0 Å². The van der Waals surface area contributed by atoms with Gasteiger partial charge in [0, 0.05) is 7.05 Å². The van der Waals surface area contributed by atoms with Gasteiger partial charge in [-0.25, -0.2) is 0 Å². The number of amides is 1. The lowest BCUT2D eigenvalue weighted by molar-refractivity contribution is -0.119. The Morgan fingerprint density at radius 1 is 2.00 bits per heavy atom. The Bertz CT molecular complexity index is 113. The van der Waals surface area contributed by atoms with E-state index in [2.05, 4.69) is 19.2 Å². The molecular formula is C4H5NOS. The van der Waals surface area contributed by atoms with Crippen molar-refractivity contribution in [1.82, 2.24) is 4.31 Å².